The largest absolute Gasteiger partial charge is 0.493 e. The van der Waals surface area contributed by atoms with Crippen molar-refractivity contribution < 1.29 is 14.3 Å². The topological polar surface area (TPSA) is 59.6 Å². The van der Waals surface area contributed by atoms with Gasteiger partial charge in [-0.25, -0.2) is 0 Å². The number of carbonyl (C=O) groups excluding carboxylic acids is 1. The number of amides is 1. The summed E-state index contributed by atoms with van der Waals surface area (Å²) in [6.45, 7) is 3.37. The Hall–Kier alpha value is -2.53. The first-order chi connectivity index (χ1) is 12.7. The lowest BCUT2D eigenvalue weighted by molar-refractivity contribution is -0.120. The molecule has 5 heteroatoms. The molecule has 5 nitrogen and oxygen atoms in total. The zero-order chi connectivity index (χ0) is 18.6. The number of carbonyl (C=O) groups is 1. The van der Waals surface area contributed by atoms with Crippen molar-refractivity contribution in [1.82, 2.24) is 10.6 Å². The molecule has 1 atom stereocenters. The Morgan fingerprint density at radius 3 is 2.46 bits per heavy atom. The molecular formula is C21H28N2O3. The van der Waals surface area contributed by atoms with Gasteiger partial charge in [0.25, 0.3) is 0 Å². The third-order valence-corrected chi connectivity index (χ3v) is 4.01. The van der Waals surface area contributed by atoms with Crippen molar-refractivity contribution in [2.75, 3.05) is 26.8 Å². The number of methoxy groups -OCH3 is 1. The summed E-state index contributed by atoms with van der Waals surface area (Å²) >= 11 is 0. The van der Waals surface area contributed by atoms with Crippen LogP contribution in [0.4, 0.5) is 0 Å². The van der Waals surface area contributed by atoms with Gasteiger partial charge in [-0.1, -0.05) is 42.5 Å². The Bertz CT molecular complexity index is 661. The molecule has 26 heavy (non-hydrogen) atoms. The normalized spacial score (nSPS) is 11.6. The standard InChI is InChI=1S/C21H28N2O3/c1-17(12-13-18-8-4-3-5-9-18)23-21(24)16-22-14-15-26-20-11-7-6-10-19(20)25-2/h3-11,17,22H,12-16H2,1-2H3,(H,23,24)/t17-/m1/s1. The van der Waals surface area contributed by atoms with E-state index in [0.717, 1.165) is 12.8 Å². The van der Waals surface area contributed by atoms with Crippen molar-refractivity contribution in [3.63, 3.8) is 0 Å². The van der Waals surface area contributed by atoms with Gasteiger partial charge in [0, 0.05) is 12.6 Å². The van der Waals surface area contributed by atoms with Gasteiger partial charge >= 0.3 is 0 Å². The van der Waals surface area contributed by atoms with E-state index in [0.29, 0.717) is 24.7 Å². The zero-order valence-electron chi connectivity index (χ0n) is 15.5. The lowest BCUT2D eigenvalue weighted by atomic mass is 10.1. The smallest absolute Gasteiger partial charge is 0.234 e. The van der Waals surface area contributed by atoms with Crippen LogP contribution in [0.1, 0.15) is 18.9 Å². The number of hydrogen-bond donors (Lipinski definition) is 2. The third-order valence-electron chi connectivity index (χ3n) is 4.01. The maximum atomic E-state index is 12.0. The number of benzene rings is 2. The zero-order valence-corrected chi connectivity index (χ0v) is 15.5. The average Bonchev–Trinajstić information content (AvgIpc) is 2.67. The highest BCUT2D eigenvalue weighted by Gasteiger charge is 2.07. The molecule has 2 aromatic rings. The van der Waals surface area contributed by atoms with Crippen LogP contribution in [0.15, 0.2) is 54.6 Å². The summed E-state index contributed by atoms with van der Waals surface area (Å²) in [6.07, 6.45) is 1.88. The first-order valence-electron chi connectivity index (χ1n) is 8.99. The molecular weight excluding hydrogens is 328 g/mol. The van der Waals surface area contributed by atoms with Crippen LogP contribution < -0.4 is 20.1 Å². The first-order valence-corrected chi connectivity index (χ1v) is 8.99. The molecule has 140 valence electrons. The van der Waals surface area contributed by atoms with Crippen molar-refractivity contribution in [3.05, 3.63) is 60.2 Å². The van der Waals surface area contributed by atoms with Crippen molar-refractivity contribution in [1.29, 1.82) is 0 Å². The molecule has 1 amide bonds. The number of rotatable bonds is 11. The second-order valence-electron chi connectivity index (χ2n) is 6.17. The van der Waals surface area contributed by atoms with E-state index in [4.69, 9.17) is 9.47 Å². The minimum absolute atomic E-state index is 0.00264. The van der Waals surface area contributed by atoms with E-state index < -0.39 is 0 Å². The molecule has 0 heterocycles. The Morgan fingerprint density at radius 2 is 1.73 bits per heavy atom. The molecule has 0 aliphatic heterocycles. The molecule has 0 saturated heterocycles. The Balaban J connectivity index is 1.57. The lowest BCUT2D eigenvalue weighted by Gasteiger charge is -2.14. The quantitative estimate of drug-likeness (QED) is 0.608. The van der Waals surface area contributed by atoms with Crippen LogP contribution in [0.5, 0.6) is 11.5 Å². The Kier molecular flexibility index (Phi) is 8.49. The van der Waals surface area contributed by atoms with Gasteiger partial charge in [0.2, 0.25) is 5.91 Å². The highest BCUT2D eigenvalue weighted by Crippen LogP contribution is 2.25. The molecule has 0 aliphatic carbocycles. The summed E-state index contributed by atoms with van der Waals surface area (Å²) in [4.78, 5) is 12.0. The average molecular weight is 356 g/mol. The van der Waals surface area contributed by atoms with Crippen LogP contribution in [0.2, 0.25) is 0 Å². The predicted octanol–water partition coefficient (Wildman–Crippen LogP) is 2.80. The second-order valence-corrected chi connectivity index (χ2v) is 6.17. The third kappa shape index (κ3) is 7.15. The lowest BCUT2D eigenvalue weighted by Crippen LogP contribution is -2.40. The number of para-hydroxylation sites is 2. The molecule has 0 aliphatic rings. The molecule has 2 aromatic carbocycles. The van der Waals surface area contributed by atoms with E-state index in [1.165, 1.54) is 5.56 Å². The van der Waals surface area contributed by atoms with Gasteiger partial charge in [-0.05, 0) is 37.5 Å². The summed E-state index contributed by atoms with van der Waals surface area (Å²) in [7, 11) is 1.61. The van der Waals surface area contributed by atoms with Crippen molar-refractivity contribution in [2.45, 2.75) is 25.8 Å². The highest BCUT2D eigenvalue weighted by molar-refractivity contribution is 5.78. The molecule has 2 N–H and O–H groups in total. The molecule has 0 aromatic heterocycles. The van der Waals surface area contributed by atoms with Crippen molar-refractivity contribution in [3.8, 4) is 11.5 Å². The summed E-state index contributed by atoms with van der Waals surface area (Å²) in [5, 5.41) is 6.11. The monoisotopic (exact) mass is 356 g/mol. The Labute approximate surface area is 155 Å². The van der Waals surface area contributed by atoms with Gasteiger partial charge in [0.15, 0.2) is 11.5 Å². The van der Waals surface area contributed by atoms with Crippen LogP contribution in [0.25, 0.3) is 0 Å². The fraction of sp³-hybridized carbons (Fsp3) is 0.381. The molecule has 0 bridgehead atoms. The molecule has 2 rings (SSSR count). The fourth-order valence-electron chi connectivity index (χ4n) is 2.60. The predicted molar refractivity (Wildman–Crippen MR) is 104 cm³/mol. The maximum Gasteiger partial charge on any atom is 0.234 e. The van der Waals surface area contributed by atoms with Gasteiger partial charge in [-0.2, -0.15) is 0 Å². The summed E-state index contributed by atoms with van der Waals surface area (Å²) in [6, 6.07) is 18.0. The van der Waals surface area contributed by atoms with E-state index in [1.807, 2.05) is 49.4 Å². The highest BCUT2D eigenvalue weighted by atomic mass is 16.5. The van der Waals surface area contributed by atoms with E-state index in [-0.39, 0.29) is 18.5 Å². The van der Waals surface area contributed by atoms with Crippen LogP contribution in [0, 0.1) is 0 Å². The number of nitrogens with one attached hydrogen (secondary N) is 2. The number of ether oxygens (including phenoxy) is 2. The molecule has 0 saturated carbocycles. The van der Waals surface area contributed by atoms with Crippen LogP contribution >= 0.6 is 0 Å². The van der Waals surface area contributed by atoms with Crippen LogP contribution in [0.3, 0.4) is 0 Å². The van der Waals surface area contributed by atoms with Gasteiger partial charge in [0.05, 0.1) is 13.7 Å². The molecule has 0 unspecified atom stereocenters. The molecule has 0 fully saturated rings. The van der Waals surface area contributed by atoms with E-state index in [2.05, 4.69) is 22.8 Å². The Morgan fingerprint density at radius 1 is 1.04 bits per heavy atom. The minimum atomic E-state index is 0.00264. The second kappa shape index (κ2) is 11.2. The molecule has 0 spiro atoms. The summed E-state index contributed by atoms with van der Waals surface area (Å²) < 4.78 is 10.9. The van der Waals surface area contributed by atoms with E-state index in [1.54, 1.807) is 7.11 Å². The van der Waals surface area contributed by atoms with Gasteiger partial charge < -0.3 is 20.1 Å². The van der Waals surface area contributed by atoms with Gasteiger partial charge in [-0.15, -0.1) is 0 Å². The molecule has 0 radical (unpaired) electrons. The van der Waals surface area contributed by atoms with Gasteiger partial charge in [-0.3, -0.25) is 4.79 Å². The van der Waals surface area contributed by atoms with Crippen LogP contribution in [-0.2, 0) is 11.2 Å². The van der Waals surface area contributed by atoms with Crippen LogP contribution in [-0.4, -0.2) is 38.8 Å². The summed E-state index contributed by atoms with van der Waals surface area (Å²) in [5.74, 6) is 1.41. The maximum absolute atomic E-state index is 12.0. The van der Waals surface area contributed by atoms with E-state index in [9.17, 15) is 4.79 Å². The van der Waals surface area contributed by atoms with Gasteiger partial charge in [0.1, 0.15) is 6.61 Å². The number of hydrogen-bond acceptors (Lipinski definition) is 4. The SMILES string of the molecule is COc1ccccc1OCCNCC(=O)N[C@H](C)CCc1ccccc1. The van der Waals surface area contributed by atoms with Crippen molar-refractivity contribution in [2.24, 2.45) is 0 Å². The van der Waals surface area contributed by atoms with E-state index >= 15 is 0 Å². The van der Waals surface area contributed by atoms with Crippen molar-refractivity contribution >= 4 is 5.91 Å². The first kappa shape index (κ1) is 19.8. The summed E-state index contributed by atoms with van der Waals surface area (Å²) in [5.41, 5.74) is 1.29. The number of aryl methyl sites for hydroxylation is 1. The minimum Gasteiger partial charge on any atom is -0.493 e. The fourth-order valence-corrected chi connectivity index (χ4v) is 2.60.